The van der Waals surface area contributed by atoms with E-state index in [2.05, 4.69) is 20.0 Å². The van der Waals surface area contributed by atoms with E-state index >= 15 is 0 Å². The number of anilines is 1. The van der Waals surface area contributed by atoms with Crippen LogP contribution < -0.4 is 10.9 Å². The molecule has 13 heavy (non-hydrogen) atoms. The Morgan fingerprint density at radius 1 is 1.77 bits per heavy atom. The molecule has 0 radical (unpaired) electrons. The SMILES string of the molecule is COC(=O)CNc1nccc(=O)[nH]1. The summed E-state index contributed by atoms with van der Waals surface area (Å²) in [5.74, 6) is -0.176. The second-order valence-electron chi connectivity index (χ2n) is 2.21. The summed E-state index contributed by atoms with van der Waals surface area (Å²) >= 11 is 0. The number of nitrogens with one attached hydrogen (secondary N) is 2. The summed E-state index contributed by atoms with van der Waals surface area (Å²) in [7, 11) is 1.28. The number of hydrogen-bond donors (Lipinski definition) is 2. The lowest BCUT2D eigenvalue weighted by atomic mass is 10.6. The number of rotatable bonds is 3. The minimum Gasteiger partial charge on any atom is -0.468 e. The number of nitrogens with zero attached hydrogens (tertiary/aromatic N) is 1. The first-order valence-electron chi connectivity index (χ1n) is 3.58. The minimum absolute atomic E-state index is 0.0244. The molecule has 0 spiro atoms. The monoisotopic (exact) mass is 183 g/mol. The van der Waals surface area contributed by atoms with Crippen LogP contribution in [0.25, 0.3) is 0 Å². The first kappa shape index (κ1) is 9.24. The molecule has 1 heterocycles. The fourth-order valence-corrected chi connectivity index (χ4v) is 0.688. The quantitative estimate of drug-likeness (QED) is 0.608. The highest BCUT2D eigenvalue weighted by Crippen LogP contribution is 1.89. The van der Waals surface area contributed by atoms with Crippen LogP contribution in [-0.2, 0) is 9.53 Å². The van der Waals surface area contributed by atoms with Crippen molar-refractivity contribution < 1.29 is 9.53 Å². The van der Waals surface area contributed by atoms with E-state index in [4.69, 9.17) is 0 Å². The summed E-state index contributed by atoms with van der Waals surface area (Å²) in [6.45, 7) is -0.0244. The number of hydrogen-bond acceptors (Lipinski definition) is 5. The Balaban J connectivity index is 2.55. The van der Waals surface area contributed by atoms with E-state index in [1.54, 1.807) is 0 Å². The second kappa shape index (κ2) is 4.24. The number of esters is 1. The Bertz CT molecular complexity index is 347. The average molecular weight is 183 g/mol. The van der Waals surface area contributed by atoms with Crippen LogP contribution >= 0.6 is 0 Å². The van der Waals surface area contributed by atoms with Gasteiger partial charge in [-0.2, -0.15) is 0 Å². The number of carbonyl (C=O) groups is 1. The Morgan fingerprint density at radius 2 is 2.54 bits per heavy atom. The molecular weight excluding hydrogens is 174 g/mol. The van der Waals surface area contributed by atoms with Crippen LogP contribution in [0.5, 0.6) is 0 Å². The van der Waals surface area contributed by atoms with Gasteiger partial charge >= 0.3 is 5.97 Å². The average Bonchev–Trinajstić information content (AvgIpc) is 2.14. The van der Waals surface area contributed by atoms with Crippen LogP contribution in [0.2, 0.25) is 0 Å². The topological polar surface area (TPSA) is 84.1 Å². The fraction of sp³-hybridized carbons (Fsp3) is 0.286. The number of aromatic nitrogens is 2. The number of H-pyrrole nitrogens is 1. The van der Waals surface area contributed by atoms with Gasteiger partial charge in [-0.3, -0.25) is 14.6 Å². The van der Waals surface area contributed by atoms with Crippen molar-refractivity contribution in [2.24, 2.45) is 0 Å². The summed E-state index contributed by atoms with van der Waals surface area (Å²) in [5.41, 5.74) is -0.276. The van der Waals surface area contributed by atoms with Gasteiger partial charge in [0.15, 0.2) is 0 Å². The Morgan fingerprint density at radius 3 is 3.15 bits per heavy atom. The Hall–Kier alpha value is -1.85. The molecule has 0 saturated carbocycles. The van der Waals surface area contributed by atoms with Gasteiger partial charge in [0, 0.05) is 12.3 Å². The number of ether oxygens (including phenoxy) is 1. The molecule has 0 fully saturated rings. The van der Waals surface area contributed by atoms with Gasteiger partial charge in [0.2, 0.25) is 5.95 Å². The van der Waals surface area contributed by atoms with Crippen molar-refractivity contribution in [1.82, 2.24) is 9.97 Å². The van der Waals surface area contributed by atoms with Gasteiger partial charge in [-0.05, 0) is 0 Å². The van der Waals surface area contributed by atoms with Gasteiger partial charge < -0.3 is 10.1 Å². The molecule has 6 nitrogen and oxygen atoms in total. The summed E-state index contributed by atoms with van der Waals surface area (Å²) < 4.78 is 4.38. The van der Waals surface area contributed by atoms with Crippen molar-refractivity contribution in [3.8, 4) is 0 Å². The van der Waals surface area contributed by atoms with Crippen molar-refractivity contribution in [2.75, 3.05) is 19.0 Å². The lowest BCUT2D eigenvalue weighted by Crippen LogP contribution is -2.18. The molecule has 0 saturated heterocycles. The third-order valence-electron chi connectivity index (χ3n) is 1.30. The van der Waals surface area contributed by atoms with Crippen molar-refractivity contribution >= 4 is 11.9 Å². The molecular formula is C7H9N3O3. The third kappa shape index (κ3) is 2.94. The van der Waals surface area contributed by atoms with Crippen molar-refractivity contribution in [3.05, 3.63) is 22.6 Å². The molecule has 0 aromatic carbocycles. The van der Waals surface area contributed by atoms with E-state index < -0.39 is 5.97 Å². The zero-order valence-electron chi connectivity index (χ0n) is 7.03. The molecule has 0 amide bonds. The summed E-state index contributed by atoms with van der Waals surface area (Å²) in [6.07, 6.45) is 1.35. The maximum Gasteiger partial charge on any atom is 0.325 e. The van der Waals surface area contributed by atoms with Crippen molar-refractivity contribution in [3.63, 3.8) is 0 Å². The molecule has 6 heteroatoms. The molecule has 1 aromatic heterocycles. The van der Waals surface area contributed by atoms with Crippen LogP contribution in [0.3, 0.4) is 0 Å². The van der Waals surface area contributed by atoms with Crippen LogP contribution in [0.4, 0.5) is 5.95 Å². The third-order valence-corrected chi connectivity index (χ3v) is 1.30. The normalized spacial score (nSPS) is 9.31. The summed E-state index contributed by atoms with van der Waals surface area (Å²) in [5, 5.41) is 2.59. The Kier molecular flexibility index (Phi) is 3.02. The molecule has 0 atom stereocenters. The highest BCUT2D eigenvalue weighted by molar-refractivity contribution is 5.73. The van der Waals surface area contributed by atoms with E-state index in [0.29, 0.717) is 0 Å². The number of aromatic amines is 1. The molecule has 1 aromatic rings. The van der Waals surface area contributed by atoms with Gasteiger partial charge in [0.05, 0.1) is 7.11 Å². The zero-order valence-corrected chi connectivity index (χ0v) is 7.03. The van der Waals surface area contributed by atoms with Crippen molar-refractivity contribution in [2.45, 2.75) is 0 Å². The molecule has 2 N–H and O–H groups in total. The first-order valence-corrected chi connectivity index (χ1v) is 3.58. The summed E-state index contributed by atoms with van der Waals surface area (Å²) in [4.78, 5) is 27.6. The van der Waals surface area contributed by atoms with E-state index in [1.165, 1.54) is 19.4 Å². The Labute approximate surface area is 74.0 Å². The molecule has 1 rings (SSSR count). The molecule has 0 unspecified atom stereocenters. The predicted octanol–water partition coefficient (Wildman–Crippen LogP) is -0.645. The van der Waals surface area contributed by atoms with Gasteiger partial charge in [0.25, 0.3) is 5.56 Å². The highest BCUT2D eigenvalue weighted by Gasteiger charge is 1.99. The zero-order chi connectivity index (χ0) is 9.68. The van der Waals surface area contributed by atoms with E-state index in [-0.39, 0.29) is 18.1 Å². The number of methoxy groups -OCH3 is 1. The molecule has 70 valence electrons. The van der Waals surface area contributed by atoms with Gasteiger partial charge in [-0.25, -0.2) is 4.98 Å². The fourth-order valence-electron chi connectivity index (χ4n) is 0.688. The highest BCUT2D eigenvalue weighted by atomic mass is 16.5. The largest absolute Gasteiger partial charge is 0.468 e. The lowest BCUT2D eigenvalue weighted by molar-refractivity contribution is -0.138. The van der Waals surface area contributed by atoms with Gasteiger partial charge in [-0.15, -0.1) is 0 Å². The molecule has 0 aliphatic carbocycles. The first-order chi connectivity index (χ1) is 6.22. The van der Waals surface area contributed by atoms with Crippen molar-refractivity contribution in [1.29, 1.82) is 0 Å². The van der Waals surface area contributed by atoms with E-state index in [0.717, 1.165) is 0 Å². The predicted molar refractivity (Wildman–Crippen MR) is 45.4 cm³/mol. The van der Waals surface area contributed by atoms with Crippen LogP contribution in [0.1, 0.15) is 0 Å². The minimum atomic E-state index is -0.425. The maximum atomic E-state index is 10.8. The van der Waals surface area contributed by atoms with Crippen LogP contribution in [0, 0.1) is 0 Å². The molecule has 0 aliphatic heterocycles. The summed E-state index contributed by atoms with van der Waals surface area (Å²) in [6, 6.07) is 1.28. The maximum absolute atomic E-state index is 10.8. The van der Waals surface area contributed by atoms with Crippen LogP contribution in [-0.4, -0.2) is 29.6 Å². The number of carbonyl (C=O) groups excluding carboxylic acids is 1. The van der Waals surface area contributed by atoms with E-state index in [1.807, 2.05) is 0 Å². The smallest absolute Gasteiger partial charge is 0.325 e. The van der Waals surface area contributed by atoms with Gasteiger partial charge in [-0.1, -0.05) is 0 Å². The van der Waals surface area contributed by atoms with Crippen LogP contribution in [0.15, 0.2) is 17.1 Å². The lowest BCUT2D eigenvalue weighted by Gasteiger charge is -2.01. The van der Waals surface area contributed by atoms with E-state index in [9.17, 15) is 9.59 Å². The van der Waals surface area contributed by atoms with Gasteiger partial charge in [0.1, 0.15) is 6.54 Å². The second-order valence-corrected chi connectivity index (χ2v) is 2.21. The molecule has 0 bridgehead atoms. The standard InChI is InChI=1S/C7H9N3O3/c1-13-6(12)4-9-7-8-3-2-5(11)10-7/h2-3H,4H2,1H3,(H2,8,9,10,11). The molecule has 0 aliphatic rings.